The molecule has 1 aromatic heterocycles. The number of rotatable bonds is 4. The molecule has 4 aliphatic carbocycles. The molecule has 0 radical (unpaired) electrons. The SMILES string of the molecule is c1ccc(-c2nc(-c3ccccc3)nc(-c3ccc(-c4ccc5c(c4)C4(CCCCC4)c4cc6c(cc4-5)C4(CCCCC4)c4ccccc4-6)cc3)n2)cc1. The lowest BCUT2D eigenvalue weighted by Crippen LogP contribution is -2.29. The zero-order valence-electron chi connectivity index (χ0n) is 30.7. The fourth-order valence-corrected chi connectivity index (χ4v) is 10.8. The van der Waals surface area contributed by atoms with E-state index in [-0.39, 0.29) is 10.8 Å². The van der Waals surface area contributed by atoms with Crippen molar-refractivity contribution in [1.29, 1.82) is 0 Å². The molecule has 4 aliphatic rings. The van der Waals surface area contributed by atoms with Crippen LogP contribution in [0.15, 0.2) is 140 Å². The Labute approximate surface area is 318 Å². The molecule has 7 aromatic rings. The summed E-state index contributed by atoms with van der Waals surface area (Å²) in [7, 11) is 0. The van der Waals surface area contributed by atoms with Gasteiger partial charge in [-0.2, -0.15) is 0 Å². The summed E-state index contributed by atoms with van der Waals surface area (Å²) in [4.78, 5) is 14.8. The van der Waals surface area contributed by atoms with E-state index in [0.717, 1.165) is 16.7 Å². The van der Waals surface area contributed by atoms with Crippen LogP contribution in [0.25, 0.3) is 67.5 Å². The lowest BCUT2D eigenvalue weighted by Gasteiger charge is -2.37. The smallest absolute Gasteiger partial charge is 0.164 e. The Kier molecular flexibility index (Phi) is 7.34. The lowest BCUT2D eigenvalue weighted by molar-refractivity contribution is 0.350. The summed E-state index contributed by atoms with van der Waals surface area (Å²) in [6, 6.07) is 51.3. The summed E-state index contributed by atoms with van der Waals surface area (Å²) >= 11 is 0. The molecule has 0 atom stereocenters. The number of fused-ring (bicyclic) bond motifs is 10. The molecule has 0 amide bonds. The highest BCUT2D eigenvalue weighted by Crippen LogP contribution is 2.62. The van der Waals surface area contributed by atoms with Gasteiger partial charge in [-0.15, -0.1) is 0 Å². The van der Waals surface area contributed by atoms with Gasteiger partial charge in [0.1, 0.15) is 0 Å². The van der Waals surface area contributed by atoms with Crippen LogP contribution in [0.3, 0.4) is 0 Å². The van der Waals surface area contributed by atoms with Gasteiger partial charge in [-0.05, 0) is 99.5 Å². The molecule has 0 bridgehead atoms. The van der Waals surface area contributed by atoms with Crippen molar-refractivity contribution in [3.8, 4) is 67.5 Å². The standard InChI is InChI=1S/C51H43N3/c1-5-15-35(16-6-1)47-52-48(36-17-7-2-8-18-36)54-49(53-47)37-23-21-34(22-24-37)38-25-26-40-42-33-45-41(32-46(42)51(44(40)31-38)29-13-4-14-30-51)39-19-9-10-20-43(39)50(45)27-11-3-12-28-50/h1-2,5-10,15-26,31-33H,3-4,11-14,27-30H2. The Balaban J connectivity index is 0.997. The number of hydrogen-bond donors (Lipinski definition) is 0. The highest BCUT2D eigenvalue weighted by atomic mass is 15.0. The Morgan fingerprint density at radius 1 is 0.296 bits per heavy atom. The zero-order valence-corrected chi connectivity index (χ0v) is 30.7. The van der Waals surface area contributed by atoms with Crippen LogP contribution in [0.5, 0.6) is 0 Å². The van der Waals surface area contributed by atoms with E-state index in [1.165, 1.54) is 97.6 Å². The van der Waals surface area contributed by atoms with Gasteiger partial charge in [-0.3, -0.25) is 0 Å². The monoisotopic (exact) mass is 697 g/mol. The third-order valence-electron chi connectivity index (χ3n) is 13.3. The molecule has 0 N–H and O–H groups in total. The molecule has 262 valence electrons. The van der Waals surface area contributed by atoms with Gasteiger partial charge in [0.05, 0.1) is 0 Å². The molecule has 0 aliphatic heterocycles. The molecule has 1 heterocycles. The molecule has 0 saturated heterocycles. The largest absolute Gasteiger partial charge is 0.208 e. The lowest BCUT2D eigenvalue weighted by atomic mass is 9.66. The summed E-state index contributed by atoms with van der Waals surface area (Å²) in [6.07, 6.45) is 12.9. The van der Waals surface area contributed by atoms with Crippen molar-refractivity contribution in [2.75, 3.05) is 0 Å². The minimum Gasteiger partial charge on any atom is -0.208 e. The van der Waals surface area contributed by atoms with E-state index in [2.05, 4.69) is 103 Å². The van der Waals surface area contributed by atoms with E-state index < -0.39 is 0 Å². The normalized spacial score (nSPS) is 17.2. The molecular weight excluding hydrogens is 655 g/mol. The van der Waals surface area contributed by atoms with Crippen LogP contribution in [-0.4, -0.2) is 15.0 Å². The van der Waals surface area contributed by atoms with Gasteiger partial charge in [-0.1, -0.05) is 160 Å². The average molecular weight is 698 g/mol. The summed E-state index contributed by atoms with van der Waals surface area (Å²) in [5.74, 6) is 2.05. The quantitative estimate of drug-likeness (QED) is 0.184. The fraction of sp³-hybridized carbons (Fsp3) is 0.235. The number of hydrogen-bond acceptors (Lipinski definition) is 3. The molecule has 6 aromatic carbocycles. The molecule has 54 heavy (non-hydrogen) atoms. The first-order valence-electron chi connectivity index (χ1n) is 20.1. The Morgan fingerprint density at radius 2 is 0.704 bits per heavy atom. The van der Waals surface area contributed by atoms with Gasteiger partial charge >= 0.3 is 0 Å². The van der Waals surface area contributed by atoms with Crippen molar-refractivity contribution < 1.29 is 0 Å². The van der Waals surface area contributed by atoms with E-state index in [9.17, 15) is 0 Å². The van der Waals surface area contributed by atoms with Gasteiger partial charge in [0.25, 0.3) is 0 Å². The van der Waals surface area contributed by atoms with Crippen molar-refractivity contribution in [3.05, 3.63) is 162 Å². The van der Waals surface area contributed by atoms with E-state index in [0.29, 0.717) is 17.5 Å². The van der Waals surface area contributed by atoms with Crippen molar-refractivity contribution >= 4 is 0 Å². The number of nitrogens with zero attached hydrogens (tertiary/aromatic N) is 3. The highest BCUT2D eigenvalue weighted by molar-refractivity contribution is 5.91. The minimum atomic E-state index is 0.0811. The van der Waals surface area contributed by atoms with Crippen LogP contribution in [0.4, 0.5) is 0 Å². The molecule has 2 fully saturated rings. The number of aromatic nitrogens is 3. The van der Waals surface area contributed by atoms with Gasteiger partial charge in [0, 0.05) is 27.5 Å². The molecule has 0 unspecified atom stereocenters. The van der Waals surface area contributed by atoms with Crippen molar-refractivity contribution in [2.45, 2.75) is 75.0 Å². The van der Waals surface area contributed by atoms with Crippen molar-refractivity contribution in [3.63, 3.8) is 0 Å². The predicted molar refractivity (Wildman–Crippen MR) is 220 cm³/mol. The maximum absolute atomic E-state index is 4.98. The van der Waals surface area contributed by atoms with E-state index in [4.69, 9.17) is 15.0 Å². The van der Waals surface area contributed by atoms with Crippen LogP contribution in [0.2, 0.25) is 0 Å². The van der Waals surface area contributed by atoms with Crippen molar-refractivity contribution in [1.82, 2.24) is 15.0 Å². The molecule has 3 heteroatoms. The van der Waals surface area contributed by atoms with Crippen molar-refractivity contribution in [2.24, 2.45) is 0 Å². The highest BCUT2D eigenvalue weighted by Gasteiger charge is 2.48. The van der Waals surface area contributed by atoms with Crippen LogP contribution < -0.4 is 0 Å². The molecule has 3 nitrogen and oxygen atoms in total. The van der Waals surface area contributed by atoms with Crippen LogP contribution in [0, 0.1) is 0 Å². The second kappa shape index (κ2) is 12.5. The van der Waals surface area contributed by atoms with Crippen LogP contribution in [-0.2, 0) is 10.8 Å². The second-order valence-corrected chi connectivity index (χ2v) is 16.2. The number of benzene rings is 6. The van der Waals surface area contributed by atoms with Gasteiger partial charge < -0.3 is 0 Å². The summed E-state index contributed by atoms with van der Waals surface area (Å²) < 4.78 is 0. The Bertz CT molecular complexity index is 2480. The first kappa shape index (κ1) is 31.8. The zero-order chi connectivity index (χ0) is 35.7. The molecular formula is C51H43N3. The van der Waals surface area contributed by atoms with E-state index >= 15 is 0 Å². The average Bonchev–Trinajstić information content (AvgIpc) is 3.66. The van der Waals surface area contributed by atoms with Crippen LogP contribution in [0.1, 0.15) is 86.5 Å². The maximum Gasteiger partial charge on any atom is 0.164 e. The van der Waals surface area contributed by atoms with Gasteiger partial charge in [0.15, 0.2) is 17.5 Å². The fourth-order valence-electron chi connectivity index (χ4n) is 10.8. The maximum atomic E-state index is 4.98. The Hall–Kier alpha value is -5.67. The third-order valence-corrected chi connectivity index (χ3v) is 13.3. The second-order valence-electron chi connectivity index (χ2n) is 16.2. The minimum absolute atomic E-state index is 0.0811. The Morgan fingerprint density at radius 3 is 1.26 bits per heavy atom. The molecule has 2 spiro atoms. The summed E-state index contributed by atoms with van der Waals surface area (Å²) in [5, 5.41) is 0. The van der Waals surface area contributed by atoms with Gasteiger partial charge in [0.2, 0.25) is 0 Å². The van der Waals surface area contributed by atoms with E-state index in [1.54, 1.807) is 22.3 Å². The summed E-state index contributed by atoms with van der Waals surface area (Å²) in [5.41, 5.74) is 18.0. The van der Waals surface area contributed by atoms with E-state index in [1.807, 2.05) is 36.4 Å². The predicted octanol–water partition coefficient (Wildman–Crippen LogP) is 13.0. The third kappa shape index (κ3) is 4.83. The topological polar surface area (TPSA) is 38.7 Å². The van der Waals surface area contributed by atoms with Gasteiger partial charge in [-0.25, -0.2) is 15.0 Å². The first-order valence-corrected chi connectivity index (χ1v) is 20.1. The first-order chi connectivity index (χ1) is 26.7. The summed E-state index contributed by atoms with van der Waals surface area (Å²) in [6.45, 7) is 0. The van der Waals surface area contributed by atoms with Crippen LogP contribution >= 0.6 is 0 Å². The molecule has 11 rings (SSSR count). The molecule has 2 saturated carbocycles.